The molecule has 2 heterocycles. The van der Waals surface area contributed by atoms with Crippen LogP contribution in [-0.2, 0) is 0 Å². The molecule has 0 atom stereocenters. The SMILES string of the molecule is O=C(NCCCOc1c2ccoc2cc2oc(=O)ccc12)Oc1ccccc1. The molecule has 142 valence electrons. The molecule has 0 unspecified atom stereocenters. The predicted octanol–water partition coefficient (Wildman–Crippen LogP) is 4.10. The van der Waals surface area contributed by atoms with E-state index in [1.54, 1.807) is 48.7 Å². The average Bonchev–Trinajstić information content (AvgIpc) is 3.15. The fourth-order valence-electron chi connectivity index (χ4n) is 2.83. The van der Waals surface area contributed by atoms with Gasteiger partial charge >= 0.3 is 11.7 Å². The van der Waals surface area contributed by atoms with Crippen LogP contribution in [-0.4, -0.2) is 19.2 Å². The molecule has 2 aromatic heterocycles. The van der Waals surface area contributed by atoms with E-state index in [9.17, 15) is 9.59 Å². The first-order chi connectivity index (χ1) is 13.7. The summed E-state index contributed by atoms with van der Waals surface area (Å²) in [5.74, 6) is 1.06. The Bertz CT molecular complexity index is 1160. The van der Waals surface area contributed by atoms with Crippen LogP contribution in [0.5, 0.6) is 11.5 Å². The van der Waals surface area contributed by atoms with Crippen molar-refractivity contribution >= 4 is 28.0 Å². The summed E-state index contributed by atoms with van der Waals surface area (Å²) in [6.45, 7) is 0.740. The monoisotopic (exact) mass is 379 g/mol. The Hall–Kier alpha value is -3.74. The second-order valence-electron chi connectivity index (χ2n) is 6.04. The summed E-state index contributed by atoms with van der Waals surface area (Å²) >= 11 is 0. The van der Waals surface area contributed by atoms with E-state index >= 15 is 0 Å². The number of hydrogen-bond donors (Lipinski definition) is 1. The fraction of sp³-hybridized carbons (Fsp3) is 0.143. The van der Waals surface area contributed by atoms with Crippen LogP contribution in [0.15, 0.2) is 74.5 Å². The van der Waals surface area contributed by atoms with Gasteiger partial charge in [0.1, 0.15) is 22.7 Å². The molecule has 7 nitrogen and oxygen atoms in total. The Balaban J connectivity index is 1.37. The Labute approximate surface area is 159 Å². The first-order valence-corrected chi connectivity index (χ1v) is 8.78. The van der Waals surface area contributed by atoms with Crippen LogP contribution in [0.4, 0.5) is 4.79 Å². The summed E-state index contributed by atoms with van der Waals surface area (Å²) in [7, 11) is 0. The molecule has 0 aliphatic carbocycles. The number of rotatable bonds is 6. The Kier molecular flexibility index (Phi) is 4.97. The fourth-order valence-corrected chi connectivity index (χ4v) is 2.83. The zero-order valence-electron chi connectivity index (χ0n) is 14.8. The highest BCUT2D eigenvalue weighted by molar-refractivity contribution is 6.01. The number of nitrogens with one attached hydrogen (secondary N) is 1. The van der Waals surface area contributed by atoms with E-state index in [-0.39, 0.29) is 0 Å². The normalized spacial score (nSPS) is 10.9. The zero-order valence-corrected chi connectivity index (χ0v) is 14.8. The van der Waals surface area contributed by atoms with E-state index < -0.39 is 11.7 Å². The summed E-state index contributed by atoms with van der Waals surface area (Å²) in [5.41, 5.74) is 0.529. The van der Waals surface area contributed by atoms with Crippen LogP contribution in [0.2, 0.25) is 0 Å². The van der Waals surface area contributed by atoms with Gasteiger partial charge in [0.05, 0.1) is 23.6 Å². The standard InChI is InChI=1S/C21H17NO6/c23-19-8-7-15-18(28-19)13-17-16(9-12-25-17)20(15)26-11-4-10-22-21(24)27-14-5-2-1-3-6-14/h1-3,5-9,12-13H,4,10-11H2,(H,22,24). The van der Waals surface area contributed by atoms with Crippen molar-refractivity contribution < 1.29 is 23.1 Å². The van der Waals surface area contributed by atoms with Crippen molar-refractivity contribution in [1.82, 2.24) is 5.32 Å². The quantitative estimate of drug-likeness (QED) is 0.401. The van der Waals surface area contributed by atoms with Gasteiger partial charge in [-0.05, 0) is 30.7 Å². The van der Waals surface area contributed by atoms with E-state index in [1.165, 1.54) is 6.07 Å². The molecule has 0 radical (unpaired) electrons. The summed E-state index contributed by atoms with van der Waals surface area (Å²) in [5, 5.41) is 4.15. The minimum Gasteiger partial charge on any atom is -0.492 e. The number of amides is 1. The number of para-hydroxylation sites is 1. The predicted molar refractivity (Wildman–Crippen MR) is 103 cm³/mol. The highest BCUT2D eigenvalue weighted by atomic mass is 16.6. The lowest BCUT2D eigenvalue weighted by atomic mass is 10.1. The molecule has 0 saturated heterocycles. The van der Waals surface area contributed by atoms with Crippen molar-refractivity contribution in [1.29, 1.82) is 0 Å². The van der Waals surface area contributed by atoms with Gasteiger partial charge in [-0.15, -0.1) is 0 Å². The highest BCUT2D eigenvalue weighted by Gasteiger charge is 2.13. The van der Waals surface area contributed by atoms with Crippen LogP contribution in [0.1, 0.15) is 6.42 Å². The second kappa shape index (κ2) is 7.87. The minimum atomic E-state index is -0.518. The van der Waals surface area contributed by atoms with Gasteiger partial charge < -0.3 is 23.6 Å². The maximum absolute atomic E-state index is 11.8. The molecule has 0 saturated carbocycles. The number of carbonyl (C=O) groups excluding carboxylic acids is 1. The van der Waals surface area contributed by atoms with Crippen molar-refractivity contribution in [2.45, 2.75) is 6.42 Å². The number of ether oxygens (including phenoxy) is 2. The number of carbonyl (C=O) groups is 1. The lowest BCUT2D eigenvalue weighted by Gasteiger charge is -2.10. The molecule has 2 aromatic carbocycles. The molecule has 0 fully saturated rings. The van der Waals surface area contributed by atoms with Crippen molar-refractivity contribution in [3.05, 3.63) is 71.3 Å². The molecule has 4 aromatic rings. The van der Waals surface area contributed by atoms with Gasteiger partial charge in [0.15, 0.2) is 0 Å². The molecule has 7 heteroatoms. The van der Waals surface area contributed by atoms with Crippen LogP contribution in [0.25, 0.3) is 21.9 Å². The van der Waals surface area contributed by atoms with E-state index in [0.29, 0.717) is 47.6 Å². The van der Waals surface area contributed by atoms with E-state index in [0.717, 1.165) is 5.39 Å². The van der Waals surface area contributed by atoms with Crippen molar-refractivity contribution in [3.8, 4) is 11.5 Å². The number of fused-ring (bicyclic) bond motifs is 2. The second-order valence-corrected chi connectivity index (χ2v) is 6.04. The third kappa shape index (κ3) is 3.83. The molecule has 0 aliphatic rings. The third-order valence-electron chi connectivity index (χ3n) is 4.10. The van der Waals surface area contributed by atoms with Crippen molar-refractivity contribution in [3.63, 3.8) is 0 Å². The van der Waals surface area contributed by atoms with Crippen LogP contribution in [0, 0.1) is 0 Å². The topological polar surface area (TPSA) is 90.9 Å². The minimum absolute atomic E-state index is 0.351. The molecule has 1 amide bonds. The Morgan fingerprint density at radius 3 is 2.68 bits per heavy atom. The molecule has 0 aliphatic heterocycles. The Morgan fingerprint density at radius 2 is 1.82 bits per heavy atom. The number of hydrogen-bond acceptors (Lipinski definition) is 6. The van der Waals surface area contributed by atoms with Crippen LogP contribution >= 0.6 is 0 Å². The first kappa shape index (κ1) is 17.7. The van der Waals surface area contributed by atoms with Gasteiger partial charge in [0.25, 0.3) is 0 Å². The average molecular weight is 379 g/mol. The van der Waals surface area contributed by atoms with Crippen molar-refractivity contribution in [2.24, 2.45) is 0 Å². The molecule has 1 N–H and O–H groups in total. The number of benzene rings is 2. The van der Waals surface area contributed by atoms with E-state index in [2.05, 4.69) is 5.32 Å². The molecule has 0 bridgehead atoms. The molecular weight excluding hydrogens is 362 g/mol. The summed E-state index contributed by atoms with van der Waals surface area (Å²) < 4.78 is 21.7. The van der Waals surface area contributed by atoms with Gasteiger partial charge in [-0.2, -0.15) is 0 Å². The lowest BCUT2D eigenvalue weighted by Crippen LogP contribution is -2.28. The molecular formula is C21H17NO6. The summed E-state index contributed by atoms with van der Waals surface area (Å²) in [4.78, 5) is 23.2. The molecule has 0 spiro atoms. The lowest BCUT2D eigenvalue weighted by molar-refractivity contribution is 0.199. The van der Waals surface area contributed by atoms with Gasteiger partial charge in [-0.3, -0.25) is 0 Å². The Morgan fingerprint density at radius 1 is 1.00 bits per heavy atom. The van der Waals surface area contributed by atoms with E-state index in [4.69, 9.17) is 18.3 Å². The largest absolute Gasteiger partial charge is 0.492 e. The highest BCUT2D eigenvalue weighted by Crippen LogP contribution is 2.35. The van der Waals surface area contributed by atoms with Gasteiger partial charge in [0, 0.05) is 18.7 Å². The number of furan rings is 1. The summed E-state index contributed by atoms with van der Waals surface area (Å²) in [6.07, 6.45) is 1.60. The summed E-state index contributed by atoms with van der Waals surface area (Å²) in [6, 6.07) is 15.3. The van der Waals surface area contributed by atoms with Crippen LogP contribution in [0.3, 0.4) is 0 Å². The maximum atomic E-state index is 11.8. The molecule has 4 rings (SSSR count). The van der Waals surface area contributed by atoms with Gasteiger partial charge in [-0.1, -0.05) is 18.2 Å². The smallest absolute Gasteiger partial charge is 0.412 e. The third-order valence-corrected chi connectivity index (χ3v) is 4.10. The zero-order chi connectivity index (χ0) is 19.3. The van der Waals surface area contributed by atoms with Crippen LogP contribution < -0.4 is 20.4 Å². The van der Waals surface area contributed by atoms with Gasteiger partial charge in [-0.25, -0.2) is 9.59 Å². The van der Waals surface area contributed by atoms with Crippen molar-refractivity contribution in [2.75, 3.05) is 13.2 Å². The molecule has 28 heavy (non-hydrogen) atoms. The van der Waals surface area contributed by atoms with Gasteiger partial charge in [0.2, 0.25) is 0 Å². The first-order valence-electron chi connectivity index (χ1n) is 8.78. The van der Waals surface area contributed by atoms with E-state index in [1.807, 2.05) is 6.07 Å². The maximum Gasteiger partial charge on any atom is 0.412 e.